The molecule has 1 aliphatic carbocycles. The maximum Gasteiger partial charge on any atom is 0.309 e. The molecule has 0 radical (unpaired) electrons. The highest BCUT2D eigenvalue weighted by Gasteiger charge is 2.32. The monoisotopic (exact) mass is 314 g/mol. The van der Waals surface area contributed by atoms with Gasteiger partial charge in [0.2, 0.25) is 0 Å². The molecule has 0 heterocycles. The first-order valence-corrected chi connectivity index (χ1v) is 8.63. The Morgan fingerprint density at radius 2 is 1.55 bits per heavy atom. The van der Waals surface area contributed by atoms with E-state index in [1.807, 2.05) is 0 Å². The minimum absolute atomic E-state index is 0.0300. The van der Waals surface area contributed by atoms with Crippen molar-refractivity contribution >= 4 is 11.9 Å². The van der Waals surface area contributed by atoms with Crippen LogP contribution in [0.4, 0.5) is 0 Å². The van der Waals surface area contributed by atoms with Crippen molar-refractivity contribution in [1.29, 1.82) is 0 Å². The summed E-state index contributed by atoms with van der Waals surface area (Å²) in [6, 6.07) is 0. The van der Waals surface area contributed by atoms with Crippen molar-refractivity contribution in [3.05, 3.63) is 0 Å². The highest BCUT2D eigenvalue weighted by atomic mass is 16.5. The number of aliphatic hydroxyl groups is 1. The summed E-state index contributed by atoms with van der Waals surface area (Å²) in [6.07, 6.45) is 8.54. The van der Waals surface area contributed by atoms with E-state index in [2.05, 4.69) is 6.92 Å². The molecule has 1 N–H and O–H groups in total. The van der Waals surface area contributed by atoms with E-state index in [9.17, 15) is 9.59 Å². The Hall–Kier alpha value is -1.10. The van der Waals surface area contributed by atoms with Gasteiger partial charge in [0.25, 0.3) is 0 Å². The molecule has 0 aromatic carbocycles. The second-order valence-corrected chi connectivity index (χ2v) is 6.03. The van der Waals surface area contributed by atoms with Gasteiger partial charge >= 0.3 is 11.9 Å². The van der Waals surface area contributed by atoms with Crippen molar-refractivity contribution in [3.8, 4) is 0 Å². The van der Waals surface area contributed by atoms with Gasteiger partial charge in [0.15, 0.2) is 0 Å². The van der Waals surface area contributed by atoms with Gasteiger partial charge in [-0.05, 0) is 25.7 Å². The number of hydrogen-bond donors (Lipinski definition) is 1. The van der Waals surface area contributed by atoms with E-state index < -0.39 is 0 Å². The Labute approximate surface area is 133 Å². The molecule has 0 spiro atoms. The maximum atomic E-state index is 12.1. The molecule has 5 nitrogen and oxygen atoms in total. The third kappa shape index (κ3) is 7.25. The highest BCUT2D eigenvalue weighted by Crippen LogP contribution is 2.30. The van der Waals surface area contributed by atoms with Crippen LogP contribution in [0.15, 0.2) is 0 Å². The topological polar surface area (TPSA) is 72.8 Å². The first-order chi connectivity index (χ1) is 10.7. The lowest BCUT2D eigenvalue weighted by Crippen LogP contribution is -2.30. The van der Waals surface area contributed by atoms with Gasteiger partial charge in [-0.15, -0.1) is 0 Å². The zero-order valence-electron chi connectivity index (χ0n) is 13.7. The molecule has 1 aliphatic rings. The second-order valence-electron chi connectivity index (χ2n) is 6.03. The molecule has 0 bridgehead atoms. The average molecular weight is 314 g/mol. The number of carbonyl (C=O) groups is 2. The maximum absolute atomic E-state index is 12.1. The van der Waals surface area contributed by atoms with Crippen LogP contribution in [0.25, 0.3) is 0 Å². The predicted molar refractivity (Wildman–Crippen MR) is 83.2 cm³/mol. The molecule has 128 valence electrons. The largest absolute Gasteiger partial charge is 0.465 e. The molecular formula is C17H30O5. The summed E-state index contributed by atoms with van der Waals surface area (Å²) < 4.78 is 10.3. The SMILES string of the molecule is CCCCCCCOC(=O)C1CCCC(C(=O)OCCO)C1. The zero-order chi connectivity index (χ0) is 16.2. The van der Waals surface area contributed by atoms with Gasteiger partial charge in [0.1, 0.15) is 6.61 Å². The number of rotatable bonds is 10. The second kappa shape index (κ2) is 11.5. The summed E-state index contributed by atoms with van der Waals surface area (Å²) in [5.74, 6) is -0.889. The van der Waals surface area contributed by atoms with Crippen LogP contribution < -0.4 is 0 Å². The summed E-state index contributed by atoms with van der Waals surface area (Å²) in [7, 11) is 0. The molecule has 1 rings (SSSR count). The quantitative estimate of drug-likeness (QED) is 0.496. The van der Waals surface area contributed by atoms with E-state index in [1.54, 1.807) is 0 Å². The fourth-order valence-electron chi connectivity index (χ4n) is 2.88. The van der Waals surface area contributed by atoms with Crippen molar-refractivity contribution in [2.75, 3.05) is 19.8 Å². The van der Waals surface area contributed by atoms with Crippen LogP contribution in [0.1, 0.15) is 64.7 Å². The predicted octanol–water partition coefficient (Wildman–Crippen LogP) is 2.84. The summed E-state index contributed by atoms with van der Waals surface area (Å²) in [6.45, 7) is 2.52. The summed E-state index contributed by atoms with van der Waals surface area (Å²) in [5.41, 5.74) is 0. The molecule has 1 saturated carbocycles. The molecule has 0 aromatic heterocycles. The van der Waals surface area contributed by atoms with Crippen molar-refractivity contribution < 1.29 is 24.2 Å². The molecular weight excluding hydrogens is 284 g/mol. The Balaban J connectivity index is 2.23. The van der Waals surface area contributed by atoms with Gasteiger partial charge in [0.05, 0.1) is 25.0 Å². The first kappa shape index (κ1) is 18.9. The standard InChI is InChI=1S/C17H30O5/c1-2-3-4-5-6-11-21-16(19)14-8-7-9-15(13-14)17(20)22-12-10-18/h14-15,18H,2-13H2,1H3. The number of hydrogen-bond acceptors (Lipinski definition) is 5. The summed E-state index contributed by atoms with van der Waals surface area (Å²) in [4.78, 5) is 23.9. The number of esters is 2. The Kier molecular flexibility index (Phi) is 9.87. The van der Waals surface area contributed by atoms with Crippen molar-refractivity contribution in [2.24, 2.45) is 11.8 Å². The minimum atomic E-state index is -0.300. The minimum Gasteiger partial charge on any atom is -0.465 e. The van der Waals surface area contributed by atoms with E-state index in [1.165, 1.54) is 19.3 Å². The Bertz CT molecular complexity index is 329. The lowest BCUT2D eigenvalue weighted by atomic mass is 9.81. The number of ether oxygens (including phenoxy) is 2. The van der Waals surface area contributed by atoms with Gasteiger partial charge in [0, 0.05) is 0 Å². The fraction of sp³-hybridized carbons (Fsp3) is 0.882. The highest BCUT2D eigenvalue weighted by molar-refractivity contribution is 5.76. The Morgan fingerprint density at radius 1 is 0.955 bits per heavy atom. The fourth-order valence-corrected chi connectivity index (χ4v) is 2.88. The van der Waals surface area contributed by atoms with Gasteiger partial charge < -0.3 is 14.6 Å². The number of unbranched alkanes of at least 4 members (excludes halogenated alkanes) is 4. The molecule has 22 heavy (non-hydrogen) atoms. The lowest BCUT2D eigenvalue weighted by molar-refractivity contribution is -0.155. The van der Waals surface area contributed by atoms with E-state index in [4.69, 9.17) is 14.6 Å². The normalized spacial score (nSPS) is 21.4. The van der Waals surface area contributed by atoms with E-state index in [-0.39, 0.29) is 37.0 Å². The van der Waals surface area contributed by atoms with Gasteiger partial charge in [-0.1, -0.05) is 39.0 Å². The molecule has 5 heteroatoms. The molecule has 0 aromatic rings. The molecule has 0 saturated heterocycles. The van der Waals surface area contributed by atoms with E-state index >= 15 is 0 Å². The smallest absolute Gasteiger partial charge is 0.309 e. The van der Waals surface area contributed by atoms with Gasteiger partial charge in [-0.25, -0.2) is 0 Å². The third-order valence-corrected chi connectivity index (χ3v) is 4.17. The first-order valence-electron chi connectivity index (χ1n) is 8.63. The van der Waals surface area contributed by atoms with Crippen LogP contribution in [-0.2, 0) is 19.1 Å². The van der Waals surface area contributed by atoms with Gasteiger partial charge in [-0.3, -0.25) is 9.59 Å². The Morgan fingerprint density at radius 3 is 2.14 bits per heavy atom. The number of carbonyl (C=O) groups excluding carboxylic acids is 2. The summed E-state index contributed by atoms with van der Waals surface area (Å²) in [5, 5.41) is 8.68. The van der Waals surface area contributed by atoms with Crippen LogP contribution in [0.5, 0.6) is 0 Å². The van der Waals surface area contributed by atoms with Crippen LogP contribution in [0.2, 0.25) is 0 Å². The molecule has 2 atom stereocenters. The third-order valence-electron chi connectivity index (χ3n) is 4.17. The zero-order valence-corrected chi connectivity index (χ0v) is 13.7. The molecule has 1 fully saturated rings. The van der Waals surface area contributed by atoms with Crippen molar-refractivity contribution in [3.63, 3.8) is 0 Å². The van der Waals surface area contributed by atoms with Crippen molar-refractivity contribution in [1.82, 2.24) is 0 Å². The van der Waals surface area contributed by atoms with Crippen LogP contribution in [-0.4, -0.2) is 36.9 Å². The summed E-state index contributed by atoms with van der Waals surface area (Å²) >= 11 is 0. The van der Waals surface area contributed by atoms with Crippen LogP contribution in [0, 0.1) is 11.8 Å². The molecule has 0 aliphatic heterocycles. The van der Waals surface area contributed by atoms with Crippen LogP contribution >= 0.6 is 0 Å². The van der Waals surface area contributed by atoms with Gasteiger partial charge in [-0.2, -0.15) is 0 Å². The van der Waals surface area contributed by atoms with Crippen LogP contribution in [0.3, 0.4) is 0 Å². The van der Waals surface area contributed by atoms with Crippen molar-refractivity contribution in [2.45, 2.75) is 64.7 Å². The van der Waals surface area contributed by atoms with E-state index in [0.717, 1.165) is 32.1 Å². The molecule has 2 unspecified atom stereocenters. The molecule has 0 amide bonds. The number of aliphatic hydroxyl groups excluding tert-OH is 1. The average Bonchev–Trinajstić information content (AvgIpc) is 2.55. The lowest BCUT2D eigenvalue weighted by Gasteiger charge is -2.26. The van der Waals surface area contributed by atoms with E-state index in [0.29, 0.717) is 13.0 Å².